The van der Waals surface area contributed by atoms with Crippen LogP contribution in [0.25, 0.3) is 0 Å². The van der Waals surface area contributed by atoms with Crippen molar-refractivity contribution in [3.63, 3.8) is 0 Å². The number of carbonyl (C=O) groups excluding carboxylic acids is 1. The molecule has 5 nitrogen and oxygen atoms in total. The molecule has 0 N–H and O–H groups in total. The number of fused-ring (bicyclic) bond motifs is 1. The molecule has 2 heterocycles. The minimum absolute atomic E-state index is 0.278. The van der Waals surface area contributed by atoms with Crippen LogP contribution >= 0.6 is 11.6 Å². The molecule has 0 saturated carbocycles. The smallest absolute Gasteiger partial charge is 0.323 e. The number of rotatable bonds is 5. The molecule has 0 saturated heterocycles. The van der Waals surface area contributed by atoms with Gasteiger partial charge in [0.25, 0.3) is 0 Å². The Morgan fingerprint density at radius 1 is 1.14 bits per heavy atom. The van der Waals surface area contributed by atoms with E-state index in [4.69, 9.17) is 16.3 Å². The number of nitrogens with zero attached hydrogens (tertiary/aromatic N) is 3. The lowest BCUT2D eigenvalue weighted by Gasteiger charge is -2.34. The highest BCUT2D eigenvalue weighted by atomic mass is 35.5. The van der Waals surface area contributed by atoms with E-state index in [2.05, 4.69) is 14.5 Å². The van der Waals surface area contributed by atoms with Crippen LogP contribution in [-0.2, 0) is 35.6 Å². The van der Waals surface area contributed by atoms with Crippen molar-refractivity contribution in [1.82, 2.24) is 14.5 Å². The Labute approximate surface area is 173 Å². The van der Waals surface area contributed by atoms with Crippen LogP contribution in [-0.4, -0.2) is 33.6 Å². The van der Waals surface area contributed by atoms with E-state index in [1.54, 1.807) is 12.1 Å². The number of esters is 1. The van der Waals surface area contributed by atoms with Gasteiger partial charge >= 0.3 is 5.97 Å². The van der Waals surface area contributed by atoms with Crippen LogP contribution in [0.1, 0.15) is 22.5 Å². The summed E-state index contributed by atoms with van der Waals surface area (Å²) in [5.41, 5.74) is 4.04. The molecule has 0 bridgehead atoms. The highest BCUT2D eigenvalue weighted by molar-refractivity contribution is 6.30. The Bertz CT molecular complexity index is 1000. The zero-order valence-electron chi connectivity index (χ0n) is 16.0. The summed E-state index contributed by atoms with van der Waals surface area (Å²) in [7, 11) is 1.40. The minimum Gasteiger partial charge on any atom is -0.468 e. The standard InChI is InChI=1S/C22H21ClFN3O2/c1-29-22(28)20-10-19-21(13-26(20)11-16-4-8-18(24)9-5-16)27(14-25-19)12-15-2-6-17(23)7-3-15/h2-9,14,20H,10-13H2,1H3/t20-/m0/s1. The molecule has 0 fully saturated rings. The number of imidazole rings is 1. The number of halogens is 2. The van der Waals surface area contributed by atoms with E-state index in [-0.39, 0.29) is 11.8 Å². The molecule has 0 spiro atoms. The molecule has 150 valence electrons. The molecule has 7 heteroatoms. The first-order chi connectivity index (χ1) is 14.0. The summed E-state index contributed by atoms with van der Waals surface area (Å²) < 4.78 is 20.4. The second-order valence-electron chi connectivity index (χ2n) is 7.17. The molecule has 2 aromatic carbocycles. The van der Waals surface area contributed by atoms with Crippen molar-refractivity contribution in [2.75, 3.05) is 7.11 Å². The summed E-state index contributed by atoms with van der Waals surface area (Å²) in [5, 5.41) is 0.702. The molecule has 3 aromatic rings. The first-order valence-corrected chi connectivity index (χ1v) is 9.75. The van der Waals surface area contributed by atoms with Gasteiger partial charge in [-0.3, -0.25) is 9.69 Å². The minimum atomic E-state index is -0.420. The first kappa shape index (κ1) is 19.6. The van der Waals surface area contributed by atoms with Crippen molar-refractivity contribution in [3.8, 4) is 0 Å². The summed E-state index contributed by atoms with van der Waals surface area (Å²) >= 11 is 5.98. The topological polar surface area (TPSA) is 47.4 Å². The first-order valence-electron chi connectivity index (χ1n) is 9.37. The van der Waals surface area contributed by atoms with Gasteiger partial charge < -0.3 is 9.30 Å². The highest BCUT2D eigenvalue weighted by Crippen LogP contribution is 2.26. The van der Waals surface area contributed by atoms with Gasteiger partial charge in [-0.1, -0.05) is 35.9 Å². The monoisotopic (exact) mass is 413 g/mol. The Morgan fingerprint density at radius 2 is 1.79 bits per heavy atom. The van der Waals surface area contributed by atoms with Gasteiger partial charge in [-0.2, -0.15) is 0 Å². The van der Waals surface area contributed by atoms with E-state index in [0.29, 0.717) is 31.1 Å². The van der Waals surface area contributed by atoms with E-state index in [1.165, 1.54) is 19.2 Å². The third kappa shape index (κ3) is 4.33. The average Bonchev–Trinajstić information content (AvgIpc) is 3.12. The fraction of sp³-hybridized carbons (Fsp3) is 0.273. The molecule has 1 aromatic heterocycles. The normalized spacial score (nSPS) is 16.4. The lowest BCUT2D eigenvalue weighted by molar-refractivity contribution is -0.148. The SMILES string of the molecule is COC(=O)[C@@H]1Cc2ncn(Cc3ccc(Cl)cc3)c2CN1Cc1ccc(F)cc1. The van der Waals surface area contributed by atoms with Gasteiger partial charge in [0.05, 0.1) is 24.8 Å². The van der Waals surface area contributed by atoms with Crippen molar-refractivity contribution < 1.29 is 13.9 Å². The third-order valence-corrected chi connectivity index (χ3v) is 5.50. The number of methoxy groups -OCH3 is 1. The zero-order valence-corrected chi connectivity index (χ0v) is 16.8. The average molecular weight is 414 g/mol. The molecule has 1 aliphatic heterocycles. The molecule has 1 atom stereocenters. The van der Waals surface area contributed by atoms with E-state index in [0.717, 1.165) is 22.5 Å². The highest BCUT2D eigenvalue weighted by Gasteiger charge is 2.34. The maximum Gasteiger partial charge on any atom is 0.323 e. The molecular weight excluding hydrogens is 393 g/mol. The summed E-state index contributed by atoms with van der Waals surface area (Å²) in [5.74, 6) is -0.565. The summed E-state index contributed by atoms with van der Waals surface area (Å²) in [4.78, 5) is 19.0. The van der Waals surface area contributed by atoms with Crippen LogP contribution in [0, 0.1) is 5.82 Å². The molecule has 0 amide bonds. The molecule has 4 rings (SSSR count). The molecule has 0 unspecified atom stereocenters. The maximum absolute atomic E-state index is 13.3. The lowest BCUT2D eigenvalue weighted by Crippen LogP contribution is -2.46. The fourth-order valence-electron chi connectivity index (χ4n) is 3.70. The van der Waals surface area contributed by atoms with Crippen LogP contribution < -0.4 is 0 Å². The third-order valence-electron chi connectivity index (χ3n) is 5.25. The van der Waals surface area contributed by atoms with Gasteiger partial charge in [0, 0.05) is 31.1 Å². The van der Waals surface area contributed by atoms with Crippen molar-refractivity contribution in [1.29, 1.82) is 0 Å². The summed E-state index contributed by atoms with van der Waals surface area (Å²) in [6.07, 6.45) is 2.30. The van der Waals surface area contributed by atoms with Crippen LogP contribution in [0.2, 0.25) is 5.02 Å². The summed E-state index contributed by atoms with van der Waals surface area (Å²) in [6.45, 7) is 1.75. The molecular formula is C22H21ClFN3O2. The van der Waals surface area contributed by atoms with Gasteiger partial charge in [0.1, 0.15) is 11.9 Å². The van der Waals surface area contributed by atoms with Crippen LogP contribution in [0.5, 0.6) is 0 Å². The van der Waals surface area contributed by atoms with Gasteiger partial charge in [-0.05, 0) is 35.4 Å². The van der Waals surface area contributed by atoms with Crippen LogP contribution in [0.15, 0.2) is 54.9 Å². The van der Waals surface area contributed by atoms with E-state index >= 15 is 0 Å². The lowest BCUT2D eigenvalue weighted by atomic mass is 10.0. The zero-order chi connectivity index (χ0) is 20.4. The Morgan fingerprint density at radius 3 is 2.48 bits per heavy atom. The number of ether oxygens (including phenoxy) is 1. The van der Waals surface area contributed by atoms with Crippen LogP contribution in [0.4, 0.5) is 4.39 Å². The predicted molar refractivity (Wildman–Crippen MR) is 108 cm³/mol. The fourth-order valence-corrected chi connectivity index (χ4v) is 3.82. The van der Waals surface area contributed by atoms with Gasteiger partial charge in [-0.15, -0.1) is 0 Å². The Balaban J connectivity index is 1.60. The van der Waals surface area contributed by atoms with Gasteiger partial charge in [-0.25, -0.2) is 9.37 Å². The van der Waals surface area contributed by atoms with Gasteiger partial charge in [0.15, 0.2) is 0 Å². The van der Waals surface area contributed by atoms with Crippen molar-refractivity contribution in [2.24, 2.45) is 0 Å². The van der Waals surface area contributed by atoms with Crippen molar-refractivity contribution >= 4 is 17.6 Å². The van der Waals surface area contributed by atoms with Gasteiger partial charge in [0.2, 0.25) is 0 Å². The maximum atomic E-state index is 13.3. The number of aromatic nitrogens is 2. The number of hydrogen-bond donors (Lipinski definition) is 0. The number of hydrogen-bond acceptors (Lipinski definition) is 4. The van der Waals surface area contributed by atoms with Crippen LogP contribution in [0.3, 0.4) is 0 Å². The predicted octanol–water partition coefficient (Wildman–Crippen LogP) is 3.82. The molecule has 0 aliphatic carbocycles. The second-order valence-corrected chi connectivity index (χ2v) is 7.60. The molecule has 1 aliphatic rings. The van der Waals surface area contributed by atoms with Crippen molar-refractivity contribution in [2.45, 2.75) is 32.1 Å². The van der Waals surface area contributed by atoms with E-state index in [9.17, 15) is 9.18 Å². The number of benzene rings is 2. The quantitative estimate of drug-likeness (QED) is 0.596. The Hall–Kier alpha value is -2.70. The summed E-state index contributed by atoms with van der Waals surface area (Å²) in [6, 6.07) is 13.6. The number of carbonyl (C=O) groups is 1. The van der Waals surface area contributed by atoms with E-state index < -0.39 is 6.04 Å². The largest absolute Gasteiger partial charge is 0.468 e. The molecule has 29 heavy (non-hydrogen) atoms. The van der Waals surface area contributed by atoms with E-state index in [1.807, 2.05) is 30.6 Å². The second kappa shape index (κ2) is 8.35. The Kier molecular flexibility index (Phi) is 5.65. The molecule has 0 radical (unpaired) electrons. The van der Waals surface area contributed by atoms with Crippen molar-refractivity contribution in [3.05, 3.63) is 88.2 Å².